The molecule has 2 fully saturated rings. The molecule has 3 aromatic carbocycles. The van der Waals surface area contributed by atoms with E-state index in [1.807, 2.05) is 0 Å². The molecule has 0 unspecified atom stereocenters. The molecule has 1 amide bonds. The van der Waals surface area contributed by atoms with Crippen LogP contribution in [0.2, 0.25) is 0 Å². The molecule has 2 heterocycles. The molecule has 59 heavy (non-hydrogen) atoms. The van der Waals surface area contributed by atoms with E-state index in [0.717, 1.165) is 24.1 Å². The van der Waals surface area contributed by atoms with E-state index in [1.54, 1.807) is 0 Å². The summed E-state index contributed by atoms with van der Waals surface area (Å²) in [5.74, 6) is -6.64. The van der Waals surface area contributed by atoms with Gasteiger partial charge in [0, 0.05) is 35.4 Å². The molecule has 0 radical (unpaired) electrons. The van der Waals surface area contributed by atoms with Crippen LogP contribution in [0.15, 0.2) is 24.3 Å². The van der Waals surface area contributed by atoms with E-state index < -0.39 is 155 Å². The molecule has 0 aromatic heterocycles. The number of benzene rings is 3. The van der Waals surface area contributed by atoms with Crippen molar-refractivity contribution in [1.29, 1.82) is 0 Å². The monoisotopic (exact) mass is 827 g/mol. The van der Waals surface area contributed by atoms with Crippen molar-refractivity contribution < 1.29 is 93.9 Å². The molecule has 0 spiro atoms. The molecular weight excluding hydrogens is 786 g/mol. The van der Waals surface area contributed by atoms with E-state index in [2.05, 4.69) is 0 Å². The zero-order valence-corrected chi connectivity index (χ0v) is 31.7. The number of methoxy groups -OCH3 is 1. The van der Waals surface area contributed by atoms with Crippen molar-refractivity contribution in [1.82, 2.24) is 4.90 Å². The van der Waals surface area contributed by atoms with Gasteiger partial charge < -0.3 is 79.6 Å². The maximum Gasteiger partial charge on any atom is 0.323 e. The lowest BCUT2D eigenvalue weighted by atomic mass is 9.74. The van der Waals surface area contributed by atoms with E-state index in [1.165, 1.54) is 33.1 Å². The first kappa shape index (κ1) is 41.9. The van der Waals surface area contributed by atoms with E-state index in [-0.39, 0.29) is 28.0 Å². The van der Waals surface area contributed by atoms with Crippen molar-refractivity contribution in [3.8, 4) is 34.1 Å². The lowest BCUT2D eigenvalue weighted by molar-refractivity contribution is -0.353. The van der Waals surface area contributed by atoms with Crippen LogP contribution in [0.25, 0.3) is 11.1 Å². The Hall–Kier alpha value is -5.26. The SMILES string of the molecule is COc1cc(O)c2c(c1)C(=O)c1c(cc3c(c1O)-c1c(cc(C)c(C(=O)N(C)CC(=O)O)c1O)[C@H](O[C@@H]1O[C@H](C)[C@H](O)[C@H](O[C@@H]4OC[C@@H](O)[C@H](O)[C@H]4O)[C@H]1O)[C@H]3O)C2=O. The molecule has 0 saturated carbocycles. The average Bonchev–Trinajstić information content (AvgIpc) is 3.18. The van der Waals surface area contributed by atoms with Gasteiger partial charge in [0.15, 0.2) is 24.1 Å². The van der Waals surface area contributed by atoms with Crippen LogP contribution in [0.4, 0.5) is 0 Å². The van der Waals surface area contributed by atoms with Gasteiger partial charge in [-0.05, 0) is 42.7 Å². The lowest BCUT2D eigenvalue weighted by Gasteiger charge is -2.45. The standard InChI is InChI=1S/C39H41NO19/c1-11-5-17-24(31(50)21(11)37(54)40(3)9-20(43)44)23-15(8-16-25(32(23)51)28(47)14-6-13(55-4)7-18(41)22(14)27(16)46)29(48)35(17)58-39-34(53)36(26(45)12(2)57-39)59-38-33(52)30(49)19(42)10-56-38/h5-8,12,19,26,29-30,33-36,38-39,41-42,45,48-53H,9-10H2,1-4H3,(H,43,44)/t12-,19-,26+,29+,30+,33-,34-,35+,36+,38+,39+/m1/s1. The number of aliphatic hydroxyl groups is 6. The predicted molar refractivity (Wildman–Crippen MR) is 194 cm³/mol. The molecule has 2 aliphatic carbocycles. The van der Waals surface area contributed by atoms with E-state index in [9.17, 15) is 70.2 Å². The highest BCUT2D eigenvalue weighted by Gasteiger charge is 2.51. The molecule has 4 aliphatic rings. The van der Waals surface area contributed by atoms with Crippen LogP contribution < -0.4 is 4.74 Å². The molecule has 316 valence electrons. The minimum atomic E-state index is -1.95. The highest BCUT2D eigenvalue weighted by molar-refractivity contribution is 6.31. The van der Waals surface area contributed by atoms with Gasteiger partial charge in [-0.25, -0.2) is 0 Å². The van der Waals surface area contributed by atoms with Crippen molar-refractivity contribution in [2.24, 2.45) is 0 Å². The van der Waals surface area contributed by atoms with Gasteiger partial charge in [-0.3, -0.25) is 19.2 Å². The summed E-state index contributed by atoms with van der Waals surface area (Å²) in [5.41, 5.74) is -3.55. The van der Waals surface area contributed by atoms with Crippen LogP contribution in [0, 0.1) is 6.92 Å². The van der Waals surface area contributed by atoms with Crippen molar-refractivity contribution in [2.45, 2.75) is 81.4 Å². The van der Waals surface area contributed by atoms with Gasteiger partial charge in [0.1, 0.15) is 78.4 Å². The first-order valence-corrected chi connectivity index (χ1v) is 18.2. The second-order valence-electron chi connectivity index (χ2n) is 14.8. The first-order chi connectivity index (χ1) is 27.8. The number of fused-ring (bicyclic) bond motifs is 5. The number of likely N-dealkylation sites (N-methyl/N-ethyl adjacent to an activating group) is 1. The maximum atomic E-state index is 14.1. The van der Waals surface area contributed by atoms with Crippen LogP contribution in [-0.2, 0) is 23.7 Å². The number of aromatic hydroxyl groups is 3. The Bertz CT molecular complexity index is 2260. The Morgan fingerprint density at radius 2 is 1.44 bits per heavy atom. The number of carboxylic acid groups (broad SMARTS) is 1. The minimum Gasteiger partial charge on any atom is -0.507 e. The lowest BCUT2D eigenvalue weighted by Crippen LogP contribution is -2.62. The summed E-state index contributed by atoms with van der Waals surface area (Å²) >= 11 is 0. The van der Waals surface area contributed by atoms with Gasteiger partial charge in [0.05, 0.1) is 36.5 Å². The molecule has 0 bridgehead atoms. The molecule has 7 rings (SSSR count). The molecule has 10 N–H and O–H groups in total. The number of ether oxygens (including phenoxy) is 5. The molecular formula is C39H41NO19. The third-order valence-corrected chi connectivity index (χ3v) is 11.0. The Kier molecular flexibility index (Phi) is 10.9. The Labute approximate surface area is 333 Å². The van der Waals surface area contributed by atoms with Crippen molar-refractivity contribution in [3.63, 3.8) is 0 Å². The van der Waals surface area contributed by atoms with Crippen molar-refractivity contribution in [3.05, 3.63) is 68.8 Å². The highest BCUT2D eigenvalue weighted by atomic mass is 16.7. The minimum absolute atomic E-state index is 0.00578. The summed E-state index contributed by atoms with van der Waals surface area (Å²) < 4.78 is 28.1. The van der Waals surface area contributed by atoms with Gasteiger partial charge in [-0.15, -0.1) is 0 Å². The number of carbonyl (C=O) groups is 4. The number of aliphatic hydroxyl groups excluding tert-OH is 6. The molecule has 2 aliphatic heterocycles. The summed E-state index contributed by atoms with van der Waals surface area (Å²) in [6.45, 7) is 1.49. The number of hydrogen-bond acceptors (Lipinski definition) is 18. The molecule has 2 saturated heterocycles. The number of amides is 1. The van der Waals surface area contributed by atoms with Gasteiger partial charge in [0.2, 0.25) is 0 Å². The van der Waals surface area contributed by atoms with E-state index in [0.29, 0.717) is 0 Å². The fourth-order valence-corrected chi connectivity index (χ4v) is 8.00. The number of ketones is 2. The van der Waals surface area contributed by atoms with E-state index in [4.69, 9.17) is 23.7 Å². The summed E-state index contributed by atoms with van der Waals surface area (Å²) in [6.07, 6.45) is -18.5. The highest BCUT2D eigenvalue weighted by Crippen LogP contribution is 2.57. The van der Waals surface area contributed by atoms with Crippen LogP contribution in [0.1, 0.15) is 78.0 Å². The third kappa shape index (κ3) is 6.76. The van der Waals surface area contributed by atoms with E-state index >= 15 is 0 Å². The number of aryl methyl sites for hydroxylation is 1. The molecule has 11 atom stereocenters. The first-order valence-electron chi connectivity index (χ1n) is 18.2. The Morgan fingerprint density at radius 3 is 2.10 bits per heavy atom. The van der Waals surface area contributed by atoms with Crippen molar-refractivity contribution in [2.75, 3.05) is 27.3 Å². The summed E-state index contributed by atoms with van der Waals surface area (Å²) in [6, 6.07) is 4.59. The summed E-state index contributed by atoms with van der Waals surface area (Å²) in [7, 11) is 2.42. The quantitative estimate of drug-likeness (QED) is 0.103. The van der Waals surface area contributed by atoms with Crippen LogP contribution >= 0.6 is 0 Å². The van der Waals surface area contributed by atoms with Gasteiger partial charge in [0.25, 0.3) is 5.91 Å². The zero-order chi connectivity index (χ0) is 43.1. The fourth-order valence-electron chi connectivity index (χ4n) is 8.00. The smallest absolute Gasteiger partial charge is 0.323 e. The largest absolute Gasteiger partial charge is 0.507 e. The number of carbonyl (C=O) groups excluding carboxylic acids is 3. The topological polar surface area (TPSA) is 320 Å². The number of aliphatic carboxylic acids is 1. The number of phenolic OH excluding ortho intramolecular Hbond substituents is 3. The number of nitrogens with zero attached hydrogens (tertiary/aromatic N) is 1. The third-order valence-electron chi connectivity index (χ3n) is 11.0. The average molecular weight is 828 g/mol. The van der Waals surface area contributed by atoms with Crippen LogP contribution in [0.3, 0.4) is 0 Å². The summed E-state index contributed by atoms with van der Waals surface area (Å²) in [4.78, 5) is 54.0. The van der Waals surface area contributed by atoms with Crippen LogP contribution in [0.5, 0.6) is 23.0 Å². The summed E-state index contributed by atoms with van der Waals surface area (Å²) in [5, 5.41) is 109. The number of hydrogen-bond donors (Lipinski definition) is 10. The van der Waals surface area contributed by atoms with Gasteiger partial charge in [-0.1, -0.05) is 6.07 Å². The number of phenols is 3. The van der Waals surface area contributed by atoms with Crippen LogP contribution in [-0.4, -0.2) is 162 Å². The Morgan fingerprint density at radius 1 is 0.797 bits per heavy atom. The Balaban J connectivity index is 1.37. The van der Waals surface area contributed by atoms with Crippen molar-refractivity contribution >= 4 is 23.4 Å². The second-order valence-corrected chi connectivity index (χ2v) is 14.8. The molecule has 20 nitrogen and oxygen atoms in total. The predicted octanol–water partition coefficient (Wildman–Crippen LogP) is -0.885. The number of rotatable bonds is 8. The number of carboxylic acids is 1. The zero-order valence-electron chi connectivity index (χ0n) is 31.7. The normalized spacial score (nSPS) is 29.8. The molecule has 3 aromatic rings. The fraction of sp³-hybridized carbons (Fsp3) is 0.436. The van der Waals surface area contributed by atoms with Gasteiger partial charge >= 0.3 is 5.97 Å². The van der Waals surface area contributed by atoms with Gasteiger partial charge in [-0.2, -0.15) is 0 Å². The second kappa shape index (κ2) is 15.4. The maximum absolute atomic E-state index is 14.1. The molecule has 20 heteroatoms.